The van der Waals surface area contributed by atoms with Crippen molar-refractivity contribution in [2.24, 2.45) is 0 Å². The van der Waals surface area contributed by atoms with Gasteiger partial charge in [0.25, 0.3) is 0 Å². The summed E-state index contributed by atoms with van der Waals surface area (Å²) in [6, 6.07) is 27.7. The number of anilines is 1. The minimum Gasteiger partial charge on any atom is -0.489 e. The maximum atomic E-state index is 11.4. The molecule has 1 amide bonds. The Morgan fingerprint density at radius 2 is 1.47 bits per heavy atom. The normalized spacial score (nSPS) is 12.0. The van der Waals surface area contributed by atoms with E-state index >= 15 is 0 Å². The summed E-state index contributed by atoms with van der Waals surface area (Å²) in [5, 5.41) is 13.4. The summed E-state index contributed by atoms with van der Waals surface area (Å²) >= 11 is 0. The molecule has 2 N–H and O–H groups in total. The molecule has 0 aromatic heterocycles. The summed E-state index contributed by atoms with van der Waals surface area (Å²) < 4.78 is 5.80. The molecule has 0 aliphatic rings. The lowest BCUT2D eigenvalue weighted by Crippen LogP contribution is -2.36. The number of carbonyl (C=O) groups is 1. The van der Waals surface area contributed by atoms with Gasteiger partial charge in [0, 0.05) is 13.5 Å². The Labute approximate surface area is 177 Å². The second kappa shape index (κ2) is 10.6. The van der Waals surface area contributed by atoms with Crippen LogP contribution in [0.25, 0.3) is 0 Å². The SMILES string of the molecule is CC(=O)Nc1ccccc1OCC(O)CN(C)C(c1ccccc1)c1ccccc1. The third-order valence-electron chi connectivity index (χ3n) is 4.80. The van der Waals surface area contributed by atoms with Crippen molar-refractivity contribution in [1.82, 2.24) is 4.90 Å². The summed E-state index contributed by atoms with van der Waals surface area (Å²) in [6.07, 6.45) is -0.699. The third kappa shape index (κ3) is 5.92. The van der Waals surface area contributed by atoms with E-state index in [4.69, 9.17) is 4.74 Å². The molecule has 0 aliphatic heterocycles. The highest BCUT2D eigenvalue weighted by Crippen LogP contribution is 2.28. The average molecular weight is 405 g/mol. The van der Waals surface area contributed by atoms with E-state index in [1.54, 1.807) is 12.1 Å². The predicted octanol–water partition coefficient (Wildman–Crippen LogP) is 4.11. The van der Waals surface area contributed by atoms with Crippen LogP contribution in [0.4, 0.5) is 5.69 Å². The van der Waals surface area contributed by atoms with E-state index in [2.05, 4.69) is 34.5 Å². The number of aliphatic hydroxyl groups is 1. The van der Waals surface area contributed by atoms with Gasteiger partial charge in [-0.05, 0) is 30.3 Å². The number of hydrogen-bond acceptors (Lipinski definition) is 4. The Morgan fingerprint density at radius 3 is 2.03 bits per heavy atom. The van der Waals surface area contributed by atoms with Gasteiger partial charge in [0.05, 0.1) is 11.7 Å². The zero-order valence-electron chi connectivity index (χ0n) is 17.4. The number of amides is 1. The highest BCUT2D eigenvalue weighted by Gasteiger charge is 2.21. The molecular formula is C25H28N2O3. The zero-order chi connectivity index (χ0) is 21.3. The van der Waals surface area contributed by atoms with Crippen LogP contribution in [0.2, 0.25) is 0 Å². The summed E-state index contributed by atoms with van der Waals surface area (Å²) in [4.78, 5) is 13.5. The summed E-state index contributed by atoms with van der Waals surface area (Å²) in [6.45, 7) is 2.00. The van der Waals surface area contributed by atoms with Crippen LogP contribution in [0, 0.1) is 0 Å². The van der Waals surface area contributed by atoms with Gasteiger partial charge in [-0.25, -0.2) is 0 Å². The lowest BCUT2D eigenvalue weighted by Gasteiger charge is -2.30. The molecular weight excluding hydrogens is 376 g/mol. The maximum Gasteiger partial charge on any atom is 0.221 e. The van der Waals surface area contributed by atoms with Crippen molar-refractivity contribution >= 4 is 11.6 Å². The van der Waals surface area contributed by atoms with Crippen LogP contribution in [-0.4, -0.2) is 42.2 Å². The molecule has 156 valence electrons. The van der Waals surface area contributed by atoms with Gasteiger partial charge in [-0.3, -0.25) is 9.69 Å². The monoisotopic (exact) mass is 404 g/mol. The van der Waals surface area contributed by atoms with Crippen molar-refractivity contribution in [2.75, 3.05) is 25.5 Å². The Hall–Kier alpha value is -3.15. The number of aliphatic hydroxyl groups excluding tert-OH is 1. The number of hydrogen-bond donors (Lipinski definition) is 2. The van der Waals surface area contributed by atoms with E-state index < -0.39 is 6.10 Å². The van der Waals surface area contributed by atoms with Crippen LogP contribution in [0.15, 0.2) is 84.9 Å². The minimum absolute atomic E-state index is 0.0220. The minimum atomic E-state index is -0.699. The quantitative estimate of drug-likeness (QED) is 0.564. The molecule has 5 heteroatoms. The molecule has 1 atom stereocenters. The van der Waals surface area contributed by atoms with Crippen LogP contribution < -0.4 is 10.1 Å². The fourth-order valence-corrected chi connectivity index (χ4v) is 3.53. The highest BCUT2D eigenvalue weighted by atomic mass is 16.5. The molecule has 0 saturated heterocycles. The van der Waals surface area contributed by atoms with Crippen molar-refractivity contribution in [2.45, 2.75) is 19.1 Å². The molecule has 0 aliphatic carbocycles. The van der Waals surface area contributed by atoms with Crippen molar-refractivity contribution in [3.63, 3.8) is 0 Å². The first-order chi connectivity index (χ1) is 14.5. The Bertz CT molecular complexity index is 892. The fourth-order valence-electron chi connectivity index (χ4n) is 3.53. The summed E-state index contributed by atoms with van der Waals surface area (Å²) in [5.74, 6) is 0.372. The molecule has 1 unspecified atom stereocenters. The first-order valence-corrected chi connectivity index (χ1v) is 10.0. The third-order valence-corrected chi connectivity index (χ3v) is 4.80. The first-order valence-electron chi connectivity index (χ1n) is 10.0. The molecule has 0 radical (unpaired) electrons. The lowest BCUT2D eigenvalue weighted by molar-refractivity contribution is -0.114. The summed E-state index contributed by atoms with van der Waals surface area (Å²) in [7, 11) is 2.00. The zero-order valence-corrected chi connectivity index (χ0v) is 17.4. The molecule has 5 nitrogen and oxygen atoms in total. The molecule has 0 saturated carbocycles. The van der Waals surface area contributed by atoms with Crippen molar-refractivity contribution < 1.29 is 14.6 Å². The number of likely N-dealkylation sites (N-methyl/N-ethyl adjacent to an activating group) is 1. The molecule has 0 heterocycles. The summed E-state index contributed by atoms with van der Waals surface area (Å²) in [5.41, 5.74) is 2.92. The van der Waals surface area contributed by atoms with Gasteiger partial charge in [-0.2, -0.15) is 0 Å². The van der Waals surface area contributed by atoms with Crippen molar-refractivity contribution in [3.8, 4) is 5.75 Å². The van der Waals surface area contributed by atoms with Gasteiger partial charge < -0.3 is 15.2 Å². The number of rotatable bonds is 9. The number of carbonyl (C=O) groups excluding carboxylic acids is 1. The van der Waals surface area contributed by atoms with E-state index in [0.717, 1.165) is 11.1 Å². The smallest absolute Gasteiger partial charge is 0.221 e. The van der Waals surface area contributed by atoms with Crippen LogP contribution in [0.5, 0.6) is 5.75 Å². The van der Waals surface area contributed by atoms with Crippen LogP contribution >= 0.6 is 0 Å². The number of benzene rings is 3. The maximum absolute atomic E-state index is 11.4. The van der Waals surface area contributed by atoms with E-state index in [1.807, 2.05) is 55.6 Å². The Balaban J connectivity index is 1.68. The van der Waals surface area contributed by atoms with E-state index in [0.29, 0.717) is 18.0 Å². The van der Waals surface area contributed by atoms with Crippen LogP contribution in [-0.2, 0) is 4.79 Å². The number of nitrogens with one attached hydrogen (secondary N) is 1. The Kier molecular flexibility index (Phi) is 7.60. The van der Waals surface area contributed by atoms with Crippen LogP contribution in [0.3, 0.4) is 0 Å². The number of ether oxygens (including phenoxy) is 1. The second-order valence-corrected chi connectivity index (χ2v) is 7.31. The largest absolute Gasteiger partial charge is 0.489 e. The molecule has 0 spiro atoms. The van der Waals surface area contributed by atoms with Gasteiger partial charge in [0.15, 0.2) is 0 Å². The number of nitrogens with zero attached hydrogens (tertiary/aromatic N) is 1. The Morgan fingerprint density at radius 1 is 0.933 bits per heavy atom. The number of para-hydroxylation sites is 2. The van der Waals surface area contributed by atoms with Gasteiger partial charge in [0.1, 0.15) is 18.5 Å². The van der Waals surface area contributed by atoms with E-state index in [9.17, 15) is 9.90 Å². The van der Waals surface area contributed by atoms with E-state index in [1.165, 1.54) is 6.92 Å². The molecule has 0 fully saturated rings. The fraction of sp³-hybridized carbons (Fsp3) is 0.240. The predicted molar refractivity (Wildman–Crippen MR) is 120 cm³/mol. The second-order valence-electron chi connectivity index (χ2n) is 7.31. The van der Waals surface area contributed by atoms with Crippen LogP contribution in [0.1, 0.15) is 24.1 Å². The first kappa shape index (κ1) is 21.6. The highest BCUT2D eigenvalue weighted by molar-refractivity contribution is 5.90. The van der Waals surface area contributed by atoms with Gasteiger partial charge >= 0.3 is 0 Å². The molecule has 0 bridgehead atoms. The molecule has 3 aromatic rings. The van der Waals surface area contributed by atoms with Gasteiger partial charge in [-0.1, -0.05) is 72.8 Å². The molecule has 3 aromatic carbocycles. The van der Waals surface area contributed by atoms with Crippen molar-refractivity contribution in [1.29, 1.82) is 0 Å². The van der Waals surface area contributed by atoms with Crippen molar-refractivity contribution in [3.05, 3.63) is 96.1 Å². The lowest BCUT2D eigenvalue weighted by atomic mass is 9.97. The van der Waals surface area contributed by atoms with Gasteiger partial charge in [-0.15, -0.1) is 0 Å². The van der Waals surface area contributed by atoms with Gasteiger partial charge in [0.2, 0.25) is 5.91 Å². The molecule has 3 rings (SSSR count). The standard InChI is InChI=1S/C25H28N2O3/c1-19(28)26-23-15-9-10-16-24(23)30-18-22(29)17-27(2)25(20-11-5-3-6-12-20)21-13-7-4-8-14-21/h3-16,22,25,29H,17-18H2,1-2H3,(H,26,28). The van der Waals surface area contributed by atoms with E-state index in [-0.39, 0.29) is 18.6 Å². The topological polar surface area (TPSA) is 61.8 Å². The molecule has 30 heavy (non-hydrogen) atoms. The average Bonchev–Trinajstić information content (AvgIpc) is 2.74.